The van der Waals surface area contributed by atoms with Gasteiger partial charge in [0.15, 0.2) is 0 Å². The Kier molecular flexibility index (Phi) is 7.16. The van der Waals surface area contributed by atoms with Gasteiger partial charge in [-0.15, -0.1) is 0 Å². The van der Waals surface area contributed by atoms with Gasteiger partial charge in [0, 0.05) is 33.5 Å². The number of fused-ring (bicyclic) bond motifs is 5. The van der Waals surface area contributed by atoms with Crippen LogP contribution < -0.4 is 9.80 Å². The van der Waals surface area contributed by atoms with Crippen LogP contribution in [0, 0.1) is 25.0 Å². The van der Waals surface area contributed by atoms with Gasteiger partial charge in [0.2, 0.25) is 0 Å². The topological polar surface area (TPSA) is 6.48 Å². The van der Waals surface area contributed by atoms with Crippen LogP contribution in [0.5, 0.6) is 0 Å². The van der Waals surface area contributed by atoms with Crippen molar-refractivity contribution in [1.82, 2.24) is 0 Å². The molecular formula is C44H36N2. The Hall–Kier alpha value is -5.52. The van der Waals surface area contributed by atoms with Gasteiger partial charge in [-0.05, 0) is 109 Å². The number of allylic oxidation sites excluding steroid dienone is 7. The van der Waals surface area contributed by atoms with Crippen LogP contribution in [-0.2, 0) is 0 Å². The van der Waals surface area contributed by atoms with Crippen molar-refractivity contribution in [2.75, 3.05) is 9.80 Å². The lowest BCUT2D eigenvalue weighted by Crippen LogP contribution is -2.23. The molecule has 0 heterocycles. The molecule has 0 saturated carbocycles. The fourth-order valence-electron chi connectivity index (χ4n) is 6.96. The van der Waals surface area contributed by atoms with Crippen molar-refractivity contribution >= 4 is 55.1 Å². The third-order valence-corrected chi connectivity index (χ3v) is 9.31. The highest BCUT2D eigenvalue weighted by atomic mass is 15.2. The minimum Gasteiger partial charge on any atom is -0.313 e. The SMILES string of the molecule is Cc1ccc(N(c2ccccc2)c2cc3c4ccc#cc4c(N(C4=CCC(C)C=C4)C4=CC=CCC4)cc3c3ccccc23)cc1. The number of para-hydroxylation sites is 1. The fraction of sp³-hybridized carbons (Fsp3) is 0.136. The van der Waals surface area contributed by atoms with Crippen LogP contribution in [0.4, 0.5) is 22.7 Å². The van der Waals surface area contributed by atoms with Crippen LogP contribution in [0.15, 0.2) is 151 Å². The first-order valence-electron chi connectivity index (χ1n) is 16.3. The Labute approximate surface area is 271 Å². The molecule has 2 nitrogen and oxygen atoms in total. The fourth-order valence-corrected chi connectivity index (χ4v) is 6.96. The minimum atomic E-state index is 0.544. The maximum Gasteiger partial charge on any atom is 0.0627 e. The summed E-state index contributed by atoms with van der Waals surface area (Å²) in [6.07, 6.45) is 16.8. The second kappa shape index (κ2) is 11.8. The third kappa shape index (κ3) is 4.95. The Morgan fingerprint density at radius 3 is 2.22 bits per heavy atom. The molecule has 2 aliphatic rings. The summed E-state index contributed by atoms with van der Waals surface area (Å²) < 4.78 is 0. The molecule has 6 aromatic rings. The molecule has 2 aliphatic carbocycles. The minimum absolute atomic E-state index is 0.544. The summed E-state index contributed by atoms with van der Waals surface area (Å²) in [6, 6.07) is 44.3. The highest BCUT2D eigenvalue weighted by molar-refractivity contribution is 6.24. The summed E-state index contributed by atoms with van der Waals surface area (Å²) in [6.45, 7) is 4.42. The number of benzene rings is 5. The van der Waals surface area contributed by atoms with E-state index in [2.05, 4.69) is 169 Å². The first-order valence-corrected chi connectivity index (χ1v) is 16.3. The van der Waals surface area contributed by atoms with E-state index in [1.54, 1.807) is 0 Å². The molecule has 1 unspecified atom stereocenters. The van der Waals surface area contributed by atoms with Crippen molar-refractivity contribution in [3.05, 3.63) is 169 Å². The van der Waals surface area contributed by atoms with E-state index in [1.165, 1.54) is 43.9 Å². The van der Waals surface area contributed by atoms with Crippen LogP contribution >= 0.6 is 0 Å². The van der Waals surface area contributed by atoms with E-state index in [0.717, 1.165) is 47.4 Å². The van der Waals surface area contributed by atoms with Crippen molar-refractivity contribution in [2.45, 2.75) is 33.1 Å². The Morgan fingerprint density at radius 1 is 0.717 bits per heavy atom. The molecule has 222 valence electrons. The van der Waals surface area contributed by atoms with Gasteiger partial charge < -0.3 is 9.80 Å². The molecule has 0 amide bonds. The molecule has 0 radical (unpaired) electrons. The van der Waals surface area contributed by atoms with Crippen molar-refractivity contribution in [1.29, 1.82) is 0 Å². The summed E-state index contributed by atoms with van der Waals surface area (Å²) in [7, 11) is 0. The van der Waals surface area contributed by atoms with Gasteiger partial charge in [-0.1, -0.05) is 104 Å². The molecule has 0 N–H and O–H groups in total. The van der Waals surface area contributed by atoms with Gasteiger partial charge >= 0.3 is 0 Å². The molecule has 0 fully saturated rings. The van der Waals surface area contributed by atoms with Crippen LogP contribution in [0.1, 0.15) is 31.7 Å². The zero-order valence-electron chi connectivity index (χ0n) is 26.4. The lowest BCUT2D eigenvalue weighted by Gasteiger charge is -2.32. The van der Waals surface area contributed by atoms with Gasteiger partial charge in [-0.3, -0.25) is 0 Å². The monoisotopic (exact) mass is 592 g/mol. The number of nitrogens with zero attached hydrogens (tertiary/aromatic N) is 2. The molecular weight excluding hydrogens is 556 g/mol. The summed E-state index contributed by atoms with van der Waals surface area (Å²) in [5.41, 5.74) is 8.36. The van der Waals surface area contributed by atoms with E-state index in [9.17, 15) is 0 Å². The van der Waals surface area contributed by atoms with E-state index >= 15 is 0 Å². The van der Waals surface area contributed by atoms with Crippen molar-refractivity contribution < 1.29 is 0 Å². The van der Waals surface area contributed by atoms with Gasteiger partial charge in [0.05, 0.1) is 16.8 Å². The highest BCUT2D eigenvalue weighted by Crippen LogP contribution is 2.46. The van der Waals surface area contributed by atoms with Crippen molar-refractivity contribution in [3.63, 3.8) is 0 Å². The maximum absolute atomic E-state index is 3.57. The summed E-state index contributed by atoms with van der Waals surface area (Å²) in [5.74, 6) is 0.544. The standard InChI is InChI=1S/C44H36N2/c1-31-21-25-35(26-22-31)45(33-13-5-3-6-14-33)43-29-41-38-18-10-12-20-40(38)44(30-42(41)37-17-9-11-19-39(37)43)46(34-15-7-4-8-16-34)36-27-23-32(2)24-28-36/h3-7,9-11,13-15,17-19,21-23,25-30,32H,8,16,24H2,1-2H3. The predicted octanol–water partition coefficient (Wildman–Crippen LogP) is 12.0. The lowest BCUT2D eigenvalue weighted by atomic mass is 9.93. The molecule has 0 bridgehead atoms. The molecule has 6 aromatic carbocycles. The lowest BCUT2D eigenvalue weighted by molar-refractivity contribution is 0.725. The van der Waals surface area contributed by atoms with Gasteiger partial charge in [0.1, 0.15) is 0 Å². The normalized spacial score (nSPS) is 15.9. The van der Waals surface area contributed by atoms with Crippen LogP contribution in [0.25, 0.3) is 32.3 Å². The number of aryl methyl sites for hydroxylation is 1. The number of rotatable bonds is 6. The van der Waals surface area contributed by atoms with E-state index in [-0.39, 0.29) is 0 Å². The zero-order valence-corrected chi connectivity index (χ0v) is 26.4. The van der Waals surface area contributed by atoms with E-state index in [1.807, 2.05) is 6.07 Å². The van der Waals surface area contributed by atoms with E-state index < -0.39 is 0 Å². The summed E-state index contributed by atoms with van der Waals surface area (Å²) in [5, 5.41) is 7.17. The van der Waals surface area contributed by atoms with Crippen LogP contribution in [0.2, 0.25) is 0 Å². The molecule has 0 spiro atoms. The molecule has 46 heavy (non-hydrogen) atoms. The predicted molar refractivity (Wildman–Crippen MR) is 196 cm³/mol. The molecule has 0 saturated heterocycles. The van der Waals surface area contributed by atoms with Crippen molar-refractivity contribution in [3.8, 4) is 0 Å². The summed E-state index contributed by atoms with van der Waals surface area (Å²) in [4.78, 5) is 4.87. The Morgan fingerprint density at radius 2 is 1.46 bits per heavy atom. The molecule has 1 atom stereocenters. The Balaban J connectivity index is 1.44. The second-order valence-corrected chi connectivity index (χ2v) is 12.5. The first kappa shape index (κ1) is 28.0. The molecule has 0 aliphatic heterocycles. The van der Waals surface area contributed by atoms with Crippen LogP contribution in [-0.4, -0.2) is 0 Å². The number of hydrogen-bond donors (Lipinski definition) is 0. The first-order chi connectivity index (χ1) is 22.7. The van der Waals surface area contributed by atoms with Crippen molar-refractivity contribution in [2.24, 2.45) is 5.92 Å². The Bertz CT molecular complexity index is 2200. The molecule has 8 rings (SSSR count). The highest BCUT2D eigenvalue weighted by Gasteiger charge is 2.24. The third-order valence-electron chi connectivity index (χ3n) is 9.31. The van der Waals surface area contributed by atoms with E-state index in [4.69, 9.17) is 0 Å². The van der Waals surface area contributed by atoms with Gasteiger partial charge in [-0.25, -0.2) is 0 Å². The quantitative estimate of drug-likeness (QED) is 0.178. The van der Waals surface area contributed by atoms with Gasteiger partial charge in [-0.2, -0.15) is 0 Å². The number of hydrogen-bond acceptors (Lipinski definition) is 2. The van der Waals surface area contributed by atoms with E-state index in [0.29, 0.717) is 5.92 Å². The average molecular weight is 593 g/mol. The van der Waals surface area contributed by atoms with Crippen LogP contribution in [0.3, 0.4) is 0 Å². The largest absolute Gasteiger partial charge is 0.313 e. The second-order valence-electron chi connectivity index (χ2n) is 12.5. The average Bonchev–Trinajstić information content (AvgIpc) is 3.11. The number of anilines is 4. The molecule has 2 heteroatoms. The smallest absolute Gasteiger partial charge is 0.0627 e. The summed E-state index contributed by atoms with van der Waals surface area (Å²) >= 11 is 0. The van der Waals surface area contributed by atoms with Gasteiger partial charge in [0.25, 0.3) is 0 Å². The zero-order chi connectivity index (χ0) is 31.0. The molecule has 0 aromatic heterocycles. The maximum atomic E-state index is 3.57.